The lowest BCUT2D eigenvalue weighted by atomic mass is 9.97. The summed E-state index contributed by atoms with van der Waals surface area (Å²) in [6, 6.07) is 7.68. The van der Waals surface area contributed by atoms with E-state index in [0.29, 0.717) is 53.6 Å². The number of carbonyl (C=O) groups excluding carboxylic acids is 2. The van der Waals surface area contributed by atoms with Crippen LogP contribution in [0.5, 0.6) is 0 Å². The van der Waals surface area contributed by atoms with Crippen LogP contribution in [0.1, 0.15) is 79.7 Å². The van der Waals surface area contributed by atoms with Crippen LogP contribution < -0.4 is 10.6 Å². The Balaban J connectivity index is 1.45. The highest BCUT2D eigenvalue weighted by Crippen LogP contribution is 2.34. The largest absolute Gasteiger partial charge is 0.350 e. The standard InChI is InChI=1S/C29H36N8O3/c1-8-34-23(11-12-30)31-24-25(32-29(40)33(7)26(24)34)36-15-17(4)35(14-18(36)5)19(6)20-9-10-21-22(13-20)28(39)37(16(2)3)27(21)38/h9-10,13,16-19H,8,11,14-15H2,1-7H3/t17-,18+,19?/m1/s1. The maximum absolute atomic E-state index is 13.0. The summed E-state index contributed by atoms with van der Waals surface area (Å²) >= 11 is 0. The van der Waals surface area contributed by atoms with Crippen LogP contribution in [0.4, 0.5) is 5.82 Å². The summed E-state index contributed by atoms with van der Waals surface area (Å²) in [5.74, 6) is 0.698. The summed E-state index contributed by atoms with van der Waals surface area (Å²) < 4.78 is 3.42. The van der Waals surface area contributed by atoms with Gasteiger partial charge in [0.05, 0.1) is 23.6 Å². The van der Waals surface area contributed by atoms with Crippen LogP contribution in [0.2, 0.25) is 0 Å². The number of nitrogens with zero attached hydrogens (tertiary/aromatic N) is 8. The third kappa shape index (κ3) is 4.18. The number of imidazole rings is 1. The molecular weight excluding hydrogens is 508 g/mol. The number of rotatable bonds is 6. The van der Waals surface area contributed by atoms with Crippen LogP contribution in [0.15, 0.2) is 23.0 Å². The molecule has 0 bridgehead atoms. The first-order valence-corrected chi connectivity index (χ1v) is 13.9. The van der Waals surface area contributed by atoms with Crippen LogP contribution in [0.3, 0.4) is 0 Å². The second kappa shape index (κ2) is 10.2. The molecule has 0 N–H and O–H groups in total. The van der Waals surface area contributed by atoms with E-state index in [1.807, 2.05) is 37.5 Å². The lowest BCUT2D eigenvalue weighted by molar-refractivity contribution is 0.0609. The summed E-state index contributed by atoms with van der Waals surface area (Å²) in [6.45, 7) is 13.9. The van der Waals surface area contributed by atoms with Crippen LogP contribution in [0, 0.1) is 11.3 Å². The van der Waals surface area contributed by atoms with Gasteiger partial charge >= 0.3 is 5.69 Å². The van der Waals surface area contributed by atoms with Gasteiger partial charge in [0, 0.05) is 50.8 Å². The Morgan fingerprint density at radius 3 is 2.38 bits per heavy atom. The number of nitriles is 1. The lowest BCUT2D eigenvalue weighted by Gasteiger charge is -2.47. The van der Waals surface area contributed by atoms with E-state index in [4.69, 9.17) is 4.98 Å². The van der Waals surface area contributed by atoms with E-state index in [2.05, 4.69) is 41.6 Å². The third-order valence-electron chi connectivity index (χ3n) is 8.34. The van der Waals surface area contributed by atoms with Gasteiger partial charge in [0.1, 0.15) is 17.0 Å². The molecule has 3 atom stereocenters. The van der Waals surface area contributed by atoms with Crippen molar-refractivity contribution in [3.05, 3.63) is 51.2 Å². The summed E-state index contributed by atoms with van der Waals surface area (Å²) in [4.78, 5) is 53.7. The minimum absolute atomic E-state index is 0.000876. The molecule has 1 unspecified atom stereocenters. The summed E-state index contributed by atoms with van der Waals surface area (Å²) in [6.07, 6.45) is 0.150. The Morgan fingerprint density at radius 1 is 1.02 bits per heavy atom. The van der Waals surface area contributed by atoms with Crippen LogP contribution in [-0.4, -0.2) is 71.9 Å². The smallest absolute Gasteiger partial charge is 0.349 e. The van der Waals surface area contributed by atoms with Crippen molar-refractivity contribution in [3.63, 3.8) is 0 Å². The number of benzene rings is 1. The van der Waals surface area contributed by atoms with Crippen molar-refractivity contribution in [3.8, 4) is 6.07 Å². The first kappa shape index (κ1) is 27.5. The average molecular weight is 545 g/mol. The molecule has 2 aliphatic heterocycles. The predicted molar refractivity (Wildman–Crippen MR) is 151 cm³/mol. The molecule has 2 aliphatic rings. The Morgan fingerprint density at radius 2 is 1.73 bits per heavy atom. The molecule has 1 fully saturated rings. The molecule has 2 amide bonds. The highest BCUT2D eigenvalue weighted by atomic mass is 16.2. The van der Waals surface area contributed by atoms with E-state index in [-0.39, 0.29) is 48.1 Å². The van der Waals surface area contributed by atoms with Gasteiger partial charge in [-0.15, -0.1) is 0 Å². The molecule has 2 aromatic heterocycles. The number of hydrogen-bond acceptors (Lipinski definition) is 8. The predicted octanol–water partition coefficient (Wildman–Crippen LogP) is 2.88. The highest BCUT2D eigenvalue weighted by Gasteiger charge is 2.39. The number of amides is 2. The molecule has 0 spiro atoms. The third-order valence-corrected chi connectivity index (χ3v) is 8.34. The number of carbonyl (C=O) groups is 2. The second-order valence-corrected chi connectivity index (χ2v) is 11.2. The number of fused-ring (bicyclic) bond motifs is 2. The molecule has 0 aliphatic carbocycles. The second-order valence-electron chi connectivity index (χ2n) is 11.2. The molecular formula is C29H36N8O3. The van der Waals surface area contributed by atoms with Gasteiger partial charge in [-0.1, -0.05) is 6.07 Å². The minimum Gasteiger partial charge on any atom is -0.349 e. The Labute approximate surface area is 233 Å². The fraction of sp³-hybridized carbons (Fsp3) is 0.517. The molecule has 4 heterocycles. The Kier molecular flexibility index (Phi) is 7.00. The zero-order valence-electron chi connectivity index (χ0n) is 24.2. The van der Waals surface area contributed by atoms with E-state index in [0.717, 1.165) is 5.56 Å². The number of aryl methyl sites for hydroxylation is 2. The van der Waals surface area contributed by atoms with E-state index in [1.165, 1.54) is 9.47 Å². The highest BCUT2D eigenvalue weighted by molar-refractivity contribution is 6.21. The van der Waals surface area contributed by atoms with E-state index in [9.17, 15) is 19.6 Å². The van der Waals surface area contributed by atoms with Crippen molar-refractivity contribution in [2.24, 2.45) is 7.05 Å². The fourth-order valence-corrected chi connectivity index (χ4v) is 6.21. The first-order chi connectivity index (χ1) is 19.0. The van der Waals surface area contributed by atoms with Gasteiger partial charge in [0.15, 0.2) is 5.82 Å². The zero-order chi connectivity index (χ0) is 29.0. The quantitative estimate of drug-likeness (QED) is 0.435. The molecule has 0 saturated carbocycles. The van der Waals surface area contributed by atoms with Gasteiger partial charge in [-0.25, -0.2) is 9.78 Å². The average Bonchev–Trinajstić information content (AvgIpc) is 3.41. The molecule has 5 rings (SSSR count). The van der Waals surface area contributed by atoms with Crippen molar-refractivity contribution in [1.82, 2.24) is 28.9 Å². The van der Waals surface area contributed by atoms with E-state index in [1.54, 1.807) is 13.1 Å². The summed E-state index contributed by atoms with van der Waals surface area (Å²) in [5.41, 5.74) is 2.86. The number of aromatic nitrogens is 4. The van der Waals surface area contributed by atoms with Crippen molar-refractivity contribution in [1.29, 1.82) is 5.26 Å². The monoisotopic (exact) mass is 544 g/mol. The molecule has 11 nitrogen and oxygen atoms in total. The Hall–Kier alpha value is -4.04. The van der Waals surface area contributed by atoms with Gasteiger partial charge < -0.3 is 9.47 Å². The maximum atomic E-state index is 13.0. The SMILES string of the molecule is CCn1c(CC#N)nc2c(N3C[C@@H](C)N(C(C)c4ccc5c(c4)C(=O)N(C(C)C)C5=O)C[C@@H]3C)nc(=O)n(C)c21. The van der Waals surface area contributed by atoms with Gasteiger partial charge in [-0.05, 0) is 59.2 Å². The topological polar surface area (TPSA) is 120 Å². The number of hydrogen-bond donors (Lipinski definition) is 0. The molecule has 1 saturated heterocycles. The maximum Gasteiger partial charge on any atom is 0.350 e. The van der Waals surface area contributed by atoms with Gasteiger partial charge in [0.2, 0.25) is 0 Å². The lowest BCUT2D eigenvalue weighted by Crippen LogP contribution is -2.57. The molecule has 3 aromatic rings. The number of imide groups is 1. The van der Waals surface area contributed by atoms with Gasteiger partial charge in [-0.3, -0.25) is 24.0 Å². The fourth-order valence-electron chi connectivity index (χ4n) is 6.21. The molecule has 210 valence electrons. The summed E-state index contributed by atoms with van der Waals surface area (Å²) in [7, 11) is 1.69. The van der Waals surface area contributed by atoms with Crippen LogP contribution in [0.25, 0.3) is 11.2 Å². The van der Waals surface area contributed by atoms with Gasteiger partial charge in [0.25, 0.3) is 11.8 Å². The molecule has 0 radical (unpaired) electrons. The normalized spacial score (nSPS) is 20.5. The summed E-state index contributed by atoms with van der Waals surface area (Å²) in [5, 5.41) is 9.33. The Bertz CT molecular complexity index is 1610. The van der Waals surface area contributed by atoms with E-state index >= 15 is 0 Å². The first-order valence-electron chi connectivity index (χ1n) is 13.9. The minimum atomic E-state index is -0.357. The molecule has 40 heavy (non-hydrogen) atoms. The van der Waals surface area contributed by atoms with Crippen molar-refractivity contribution < 1.29 is 9.59 Å². The van der Waals surface area contributed by atoms with Crippen LogP contribution >= 0.6 is 0 Å². The van der Waals surface area contributed by atoms with Gasteiger partial charge in [-0.2, -0.15) is 10.2 Å². The number of piperazine rings is 1. The van der Waals surface area contributed by atoms with E-state index < -0.39 is 0 Å². The van der Waals surface area contributed by atoms with Crippen molar-refractivity contribution in [2.45, 2.75) is 78.7 Å². The molecule has 1 aromatic carbocycles. The van der Waals surface area contributed by atoms with Crippen LogP contribution in [-0.2, 0) is 20.0 Å². The van der Waals surface area contributed by atoms with Crippen molar-refractivity contribution >= 4 is 28.8 Å². The molecule has 11 heteroatoms. The van der Waals surface area contributed by atoms with Crippen molar-refractivity contribution in [2.75, 3.05) is 18.0 Å². The number of anilines is 1. The zero-order valence-corrected chi connectivity index (χ0v) is 24.2.